The zero-order valence-electron chi connectivity index (χ0n) is 14.9. The predicted molar refractivity (Wildman–Crippen MR) is 94.7 cm³/mol. The molecule has 0 radical (unpaired) electrons. The average molecular weight is 343 g/mol. The number of carbonyl (C=O) groups excluding carboxylic acids is 2. The normalized spacial score (nSPS) is 10.3. The maximum Gasteiger partial charge on any atom is 0.343 e. The van der Waals surface area contributed by atoms with Gasteiger partial charge in [0.05, 0.1) is 19.9 Å². The molecule has 2 aromatic rings. The van der Waals surface area contributed by atoms with Crippen LogP contribution in [0.1, 0.15) is 37.4 Å². The highest BCUT2D eigenvalue weighted by Crippen LogP contribution is 2.38. The minimum Gasteiger partial charge on any atom is -0.506 e. The summed E-state index contributed by atoms with van der Waals surface area (Å²) >= 11 is 0. The second kappa shape index (κ2) is 7.25. The van der Waals surface area contributed by atoms with E-state index in [0.29, 0.717) is 16.8 Å². The summed E-state index contributed by atoms with van der Waals surface area (Å²) in [6.45, 7) is 5.41. The standard InChI is InChI=1S/C19H21NO5/c1-10-6-8-13(9-7-10)20-16-12(3)11(2)14(18(22)24-4)17(21)15(16)19(23)25-5/h6-9,20-21H,1-5H3. The highest BCUT2D eigenvalue weighted by Gasteiger charge is 2.28. The molecule has 0 saturated carbocycles. The summed E-state index contributed by atoms with van der Waals surface area (Å²) in [6, 6.07) is 7.56. The van der Waals surface area contributed by atoms with E-state index < -0.39 is 17.7 Å². The maximum atomic E-state index is 12.3. The fraction of sp³-hybridized carbons (Fsp3) is 0.263. The van der Waals surface area contributed by atoms with Gasteiger partial charge < -0.3 is 19.9 Å². The first-order chi connectivity index (χ1) is 11.8. The SMILES string of the molecule is COC(=O)c1c(C)c(C)c(Nc2ccc(C)cc2)c(C(=O)OC)c1O. The number of carbonyl (C=O) groups is 2. The van der Waals surface area contributed by atoms with Crippen molar-refractivity contribution < 1.29 is 24.2 Å². The number of methoxy groups -OCH3 is 2. The number of hydrogen-bond donors (Lipinski definition) is 2. The Hall–Kier alpha value is -3.02. The van der Waals surface area contributed by atoms with Gasteiger partial charge in [-0.1, -0.05) is 17.7 Å². The minimum absolute atomic E-state index is 0.0464. The number of esters is 2. The summed E-state index contributed by atoms with van der Waals surface area (Å²) in [5.41, 5.74) is 3.23. The quantitative estimate of drug-likeness (QED) is 0.825. The van der Waals surface area contributed by atoms with Crippen molar-refractivity contribution in [3.63, 3.8) is 0 Å². The van der Waals surface area contributed by atoms with Gasteiger partial charge in [-0.05, 0) is 44.0 Å². The van der Waals surface area contributed by atoms with Crippen molar-refractivity contribution in [2.24, 2.45) is 0 Å². The molecule has 0 aliphatic heterocycles. The number of benzene rings is 2. The third kappa shape index (κ3) is 3.42. The van der Waals surface area contributed by atoms with Gasteiger partial charge in [-0.15, -0.1) is 0 Å². The number of hydrogen-bond acceptors (Lipinski definition) is 6. The molecular formula is C19H21NO5. The van der Waals surface area contributed by atoms with Crippen LogP contribution in [0.25, 0.3) is 0 Å². The third-order valence-corrected chi connectivity index (χ3v) is 4.14. The van der Waals surface area contributed by atoms with Crippen LogP contribution in [-0.4, -0.2) is 31.3 Å². The molecule has 6 nitrogen and oxygen atoms in total. The van der Waals surface area contributed by atoms with Crippen LogP contribution in [-0.2, 0) is 9.47 Å². The Morgan fingerprint density at radius 1 is 0.880 bits per heavy atom. The number of phenols is 1. The Labute approximate surface area is 146 Å². The summed E-state index contributed by atoms with van der Waals surface area (Å²) in [7, 11) is 2.43. The highest BCUT2D eigenvalue weighted by molar-refractivity contribution is 6.06. The summed E-state index contributed by atoms with van der Waals surface area (Å²) in [5.74, 6) is -1.93. The molecule has 0 atom stereocenters. The monoisotopic (exact) mass is 343 g/mol. The molecule has 0 heterocycles. The lowest BCUT2D eigenvalue weighted by Crippen LogP contribution is -2.14. The van der Waals surface area contributed by atoms with E-state index in [1.807, 2.05) is 31.2 Å². The van der Waals surface area contributed by atoms with Gasteiger partial charge >= 0.3 is 11.9 Å². The third-order valence-electron chi connectivity index (χ3n) is 4.14. The molecule has 0 aromatic heterocycles. The molecule has 0 unspecified atom stereocenters. The van der Waals surface area contributed by atoms with E-state index in [-0.39, 0.29) is 11.1 Å². The van der Waals surface area contributed by atoms with Gasteiger partial charge in [-0.25, -0.2) is 9.59 Å². The number of rotatable bonds is 4. The van der Waals surface area contributed by atoms with E-state index in [2.05, 4.69) is 5.32 Å². The maximum absolute atomic E-state index is 12.3. The van der Waals surface area contributed by atoms with Crippen LogP contribution in [0.4, 0.5) is 11.4 Å². The number of anilines is 2. The van der Waals surface area contributed by atoms with Gasteiger partial charge in [0.15, 0.2) is 0 Å². The van der Waals surface area contributed by atoms with Gasteiger partial charge in [0, 0.05) is 5.69 Å². The van der Waals surface area contributed by atoms with Gasteiger partial charge in [0.2, 0.25) is 0 Å². The molecule has 0 bridgehead atoms. The number of nitrogens with one attached hydrogen (secondary N) is 1. The van der Waals surface area contributed by atoms with Crippen molar-refractivity contribution in [1.82, 2.24) is 0 Å². The largest absolute Gasteiger partial charge is 0.506 e. The zero-order chi connectivity index (χ0) is 18.7. The lowest BCUT2D eigenvalue weighted by atomic mass is 9.95. The predicted octanol–water partition coefficient (Wildman–Crippen LogP) is 3.63. The van der Waals surface area contributed by atoms with E-state index in [1.165, 1.54) is 14.2 Å². The Morgan fingerprint density at radius 3 is 1.92 bits per heavy atom. The molecule has 0 saturated heterocycles. The molecule has 2 N–H and O–H groups in total. The Morgan fingerprint density at radius 2 is 1.40 bits per heavy atom. The van der Waals surface area contributed by atoms with Crippen LogP contribution in [0.3, 0.4) is 0 Å². The number of phenolic OH excluding ortho intramolecular Hbond substituents is 1. The van der Waals surface area contributed by atoms with Crippen LogP contribution in [0.2, 0.25) is 0 Å². The molecular weight excluding hydrogens is 322 g/mol. The van der Waals surface area contributed by atoms with E-state index in [0.717, 1.165) is 11.3 Å². The zero-order valence-corrected chi connectivity index (χ0v) is 14.9. The first kappa shape index (κ1) is 18.3. The first-order valence-electron chi connectivity index (χ1n) is 7.68. The van der Waals surface area contributed by atoms with Crippen molar-refractivity contribution in [3.05, 3.63) is 52.1 Å². The summed E-state index contributed by atoms with van der Waals surface area (Å²) in [4.78, 5) is 24.3. The number of aromatic hydroxyl groups is 1. The van der Waals surface area contributed by atoms with Crippen molar-refractivity contribution in [2.75, 3.05) is 19.5 Å². The van der Waals surface area contributed by atoms with E-state index in [4.69, 9.17) is 9.47 Å². The van der Waals surface area contributed by atoms with Gasteiger partial charge in [-0.3, -0.25) is 0 Å². The van der Waals surface area contributed by atoms with Crippen molar-refractivity contribution in [3.8, 4) is 5.75 Å². The topological polar surface area (TPSA) is 84.9 Å². The molecule has 132 valence electrons. The molecule has 0 spiro atoms. The molecule has 0 amide bonds. The van der Waals surface area contributed by atoms with Gasteiger partial charge in [-0.2, -0.15) is 0 Å². The van der Waals surface area contributed by atoms with Crippen molar-refractivity contribution in [2.45, 2.75) is 20.8 Å². The summed E-state index contributed by atoms with van der Waals surface area (Å²) in [5, 5.41) is 13.7. The highest BCUT2D eigenvalue weighted by atomic mass is 16.5. The van der Waals surface area contributed by atoms with Crippen LogP contribution in [0.5, 0.6) is 5.75 Å². The molecule has 0 aliphatic carbocycles. The van der Waals surface area contributed by atoms with Crippen LogP contribution in [0.15, 0.2) is 24.3 Å². The lowest BCUT2D eigenvalue weighted by Gasteiger charge is -2.20. The van der Waals surface area contributed by atoms with Crippen LogP contribution in [0, 0.1) is 20.8 Å². The van der Waals surface area contributed by atoms with Crippen LogP contribution < -0.4 is 5.32 Å². The minimum atomic E-state index is -0.750. The fourth-order valence-corrected chi connectivity index (χ4v) is 2.57. The lowest BCUT2D eigenvalue weighted by molar-refractivity contribution is 0.0592. The average Bonchev–Trinajstić information content (AvgIpc) is 2.60. The van der Waals surface area contributed by atoms with Crippen molar-refractivity contribution in [1.29, 1.82) is 0 Å². The van der Waals surface area contributed by atoms with Gasteiger partial charge in [0.1, 0.15) is 16.9 Å². The van der Waals surface area contributed by atoms with Crippen molar-refractivity contribution >= 4 is 23.3 Å². The number of aryl methyl sites for hydroxylation is 1. The Balaban J connectivity index is 2.71. The second-order valence-corrected chi connectivity index (χ2v) is 5.70. The van der Waals surface area contributed by atoms with E-state index in [9.17, 15) is 14.7 Å². The Kier molecular flexibility index (Phi) is 5.32. The van der Waals surface area contributed by atoms with E-state index in [1.54, 1.807) is 13.8 Å². The number of ether oxygens (including phenoxy) is 2. The summed E-state index contributed by atoms with van der Waals surface area (Å²) in [6.07, 6.45) is 0. The first-order valence-corrected chi connectivity index (χ1v) is 7.68. The van der Waals surface area contributed by atoms with Crippen LogP contribution >= 0.6 is 0 Å². The van der Waals surface area contributed by atoms with E-state index >= 15 is 0 Å². The molecule has 6 heteroatoms. The summed E-state index contributed by atoms with van der Waals surface area (Å²) < 4.78 is 9.51. The van der Waals surface area contributed by atoms with Gasteiger partial charge in [0.25, 0.3) is 0 Å². The second-order valence-electron chi connectivity index (χ2n) is 5.70. The molecule has 25 heavy (non-hydrogen) atoms. The smallest absolute Gasteiger partial charge is 0.343 e. The molecule has 2 rings (SSSR count). The molecule has 0 aliphatic rings. The molecule has 0 fully saturated rings. The fourth-order valence-electron chi connectivity index (χ4n) is 2.57. The Bertz CT molecular complexity index is 825. The molecule has 2 aromatic carbocycles.